The van der Waals surface area contributed by atoms with E-state index in [4.69, 9.17) is 0 Å². The van der Waals surface area contributed by atoms with Crippen molar-refractivity contribution in [3.05, 3.63) is 52.2 Å². The quantitative estimate of drug-likeness (QED) is 0.546. The first kappa shape index (κ1) is 21.0. The Morgan fingerprint density at radius 1 is 1.10 bits per heavy atom. The highest BCUT2D eigenvalue weighted by Gasteiger charge is 2.38. The van der Waals surface area contributed by atoms with Gasteiger partial charge in [-0.25, -0.2) is 8.96 Å². The van der Waals surface area contributed by atoms with E-state index >= 15 is 0 Å². The van der Waals surface area contributed by atoms with Crippen LogP contribution in [0.1, 0.15) is 11.4 Å². The van der Waals surface area contributed by atoms with Crippen molar-refractivity contribution in [2.75, 3.05) is 6.61 Å². The molecule has 156 valence electrons. The highest BCUT2D eigenvalue weighted by molar-refractivity contribution is 7.92. The van der Waals surface area contributed by atoms with Crippen molar-refractivity contribution < 1.29 is 35.0 Å². The van der Waals surface area contributed by atoms with E-state index in [0.717, 1.165) is 34.9 Å². The van der Waals surface area contributed by atoms with E-state index in [1.807, 2.05) is 0 Å². The first-order chi connectivity index (χ1) is 13.4. The number of aryl methyl sites for hydroxylation is 1. The lowest BCUT2D eigenvalue weighted by molar-refractivity contribution is -0.153. The Bertz CT molecular complexity index is 1100. The van der Waals surface area contributed by atoms with Crippen LogP contribution in [0.15, 0.2) is 35.3 Å². The maximum atomic E-state index is 13.5. The van der Waals surface area contributed by atoms with Crippen LogP contribution in [0.25, 0.3) is 16.9 Å². The zero-order valence-electron chi connectivity index (χ0n) is 14.3. The number of benzene rings is 1. The topological polar surface area (TPSA) is 48.5 Å². The van der Waals surface area contributed by atoms with E-state index in [9.17, 15) is 35.0 Å². The van der Waals surface area contributed by atoms with E-state index in [2.05, 4.69) is 9.72 Å². The lowest BCUT2D eigenvalue weighted by atomic mass is 10.0. The number of halogens is 7. The van der Waals surface area contributed by atoms with Gasteiger partial charge in [0.1, 0.15) is 5.75 Å². The molecule has 0 aliphatic carbocycles. The van der Waals surface area contributed by atoms with E-state index in [1.54, 1.807) is 0 Å². The largest absolute Gasteiger partial charge is 0.484 e. The Morgan fingerprint density at radius 3 is 2.24 bits per heavy atom. The standard InChI is InChI=1S/C16H10F7N3O2S/c1-8-6-25-13(27)11(12(16(20,21)22)24-14(25)26(8)29-23)9-2-4-10(5-3-9)28-7-15(17,18)19/h2-6H,7H2,1H3. The number of hydrogen-bond donors (Lipinski definition) is 0. The van der Waals surface area contributed by atoms with Crippen LogP contribution in [-0.2, 0) is 6.18 Å². The Hall–Kier alpha value is -2.70. The Kier molecular flexibility index (Phi) is 5.28. The normalized spacial score (nSPS) is 12.6. The molecule has 29 heavy (non-hydrogen) atoms. The lowest BCUT2D eigenvalue weighted by Crippen LogP contribution is -2.23. The van der Waals surface area contributed by atoms with Crippen molar-refractivity contribution in [3.8, 4) is 16.9 Å². The number of ether oxygens (including phenoxy) is 1. The monoisotopic (exact) mass is 441 g/mol. The highest BCUT2D eigenvalue weighted by atomic mass is 32.2. The van der Waals surface area contributed by atoms with Crippen molar-refractivity contribution in [2.45, 2.75) is 19.3 Å². The summed E-state index contributed by atoms with van der Waals surface area (Å²) in [5.74, 6) is -0.800. The van der Waals surface area contributed by atoms with Crippen molar-refractivity contribution >= 4 is 18.1 Å². The first-order valence-corrected chi connectivity index (χ1v) is 8.40. The third-order valence-electron chi connectivity index (χ3n) is 3.80. The molecule has 3 aromatic rings. The fourth-order valence-corrected chi connectivity index (χ4v) is 2.96. The molecule has 0 saturated heterocycles. The molecular weight excluding hydrogens is 431 g/mol. The molecule has 0 bridgehead atoms. The summed E-state index contributed by atoms with van der Waals surface area (Å²) in [6, 6.07) is 4.03. The second kappa shape index (κ2) is 7.28. The van der Waals surface area contributed by atoms with Gasteiger partial charge in [-0.05, 0) is 24.6 Å². The number of aromatic nitrogens is 3. The minimum atomic E-state index is -5.04. The smallest absolute Gasteiger partial charge is 0.434 e. The molecule has 0 spiro atoms. The zero-order chi connectivity index (χ0) is 21.6. The average Bonchev–Trinajstić information content (AvgIpc) is 2.95. The van der Waals surface area contributed by atoms with Crippen LogP contribution in [0.2, 0.25) is 0 Å². The third kappa shape index (κ3) is 4.18. The molecule has 0 fully saturated rings. The minimum Gasteiger partial charge on any atom is -0.484 e. The van der Waals surface area contributed by atoms with Gasteiger partial charge in [0.15, 0.2) is 24.6 Å². The summed E-state index contributed by atoms with van der Waals surface area (Å²) in [6.45, 7) is -0.204. The Labute approximate surface area is 162 Å². The van der Waals surface area contributed by atoms with Gasteiger partial charge >= 0.3 is 12.4 Å². The van der Waals surface area contributed by atoms with E-state index < -0.39 is 53.9 Å². The summed E-state index contributed by atoms with van der Waals surface area (Å²) in [6.07, 6.45) is -8.50. The molecule has 3 rings (SSSR count). The maximum absolute atomic E-state index is 13.5. The van der Waals surface area contributed by atoms with E-state index in [0.29, 0.717) is 3.97 Å². The molecule has 13 heteroatoms. The average molecular weight is 441 g/mol. The maximum Gasteiger partial charge on any atom is 0.434 e. The summed E-state index contributed by atoms with van der Waals surface area (Å²) in [5, 5.41) is 0. The molecule has 2 aromatic heterocycles. The molecule has 5 nitrogen and oxygen atoms in total. The molecule has 0 radical (unpaired) electrons. The fraction of sp³-hybridized carbons (Fsp3) is 0.250. The molecule has 0 unspecified atom stereocenters. The van der Waals surface area contributed by atoms with Gasteiger partial charge in [-0.3, -0.25) is 9.20 Å². The summed E-state index contributed by atoms with van der Waals surface area (Å²) in [4.78, 5) is 16.1. The molecule has 0 saturated carbocycles. The predicted molar refractivity (Wildman–Crippen MR) is 90.3 cm³/mol. The van der Waals surface area contributed by atoms with Gasteiger partial charge in [0.05, 0.1) is 5.56 Å². The SMILES string of the molecule is Cc1cn2c(=O)c(-c3ccc(OCC(F)(F)F)cc3)c(C(F)(F)F)nc2n1SF. The molecular formula is C16H10F7N3O2S. The second-order valence-corrected chi connectivity index (χ2v) is 6.37. The first-order valence-electron chi connectivity index (χ1n) is 7.73. The van der Waals surface area contributed by atoms with Crippen molar-refractivity contribution in [1.82, 2.24) is 13.4 Å². The molecule has 0 aliphatic rings. The fourth-order valence-electron chi connectivity index (χ4n) is 2.61. The molecule has 0 amide bonds. The number of fused-ring (bicyclic) bond motifs is 1. The van der Waals surface area contributed by atoms with Crippen molar-refractivity contribution in [1.29, 1.82) is 0 Å². The van der Waals surface area contributed by atoms with Gasteiger partial charge in [-0.2, -0.15) is 26.3 Å². The van der Waals surface area contributed by atoms with Crippen LogP contribution in [0, 0.1) is 6.92 Å². The van der Waals surface area contributed by atoms with Crippen molar-refractivity contribution in [3.63, 3.8) is 0 Å². The van der Waals surface area contributed by atoms with Crippen LogP contribution in [0.5, 0.6) is 5.75 Å². The van der Waals surface area contributed by atoms with Crippen LogP contribution < -0.4 is 10.3 Å². The third-order valence-corrected chi connectivity index (χ3v) is 4.39. The second-order valence-electron chi connectivity index (χ2n) is 5.87. The molecule has 0 atom stereocenters. The lowest BCUT2D eigenvalue weighted by Gasteiger charge is -2.13. The molecule has 1 aromatic carbocycles. The Balaban J connectivity index is 2.16. The molecule has 0 N–H and O–H groups in total. The van der Waals surface area contributed by atoms with E-state index in [1.165, 1.54) is 6.92 Å². The summed E-state index contributed by atoms with van der Waals surface area (Å²) >= 11 is -0.411. The van der Waals surface area contributed by atoms with Gasteiger partial charge in [-0.1, -0.05) is 12.1 Å². The molecule has 2 heterocycles. The zero-order valence-corrected chi connectivity index (χ0v) is 15.1. The van der Waals surface area contributed by atoms with Crippen LogP contribution in [-0.4, -0.2) is 26.1 Å². The highest BCUT2D eigenvalue weighted by Crippen LogP contribution is 2.35. The summed E-state index contributed by atoms with van der Waals surface area (Å²) in [5.41, 5.74) is -3.56. The van der Waals surface area contributed by atoms with Crippen molar-refractivity contribution in [2.24, 2.45) is 0 Å². The predicted octanol–water partition coefficient (Wildman–Crippen LogP) is 4.81. The number of imidazole rings is 1. The summed E-state index contributed by atoms with van der Waals surface area (Å²) in [7, 11) is 0. The van der Waals surface area contributed by atoms with Gasteiger partial charge in [0.2, 0.25) is 5.78 Å². The van der Waals surface area contributed by atoms with Gasteiger partial charge < -0.3 is 4.74 Å². The van der Waals surface area contributed by atoms with Gasteiger partial charge in [0, 0.05) is 11.9 Å². The number of hydrogen-bond acceptors (Lipinski definition) is 4. The van der Waals surface area contributed by atoms with E-state index in [-0.39, 0.29) is 17.0 Å². The van der Waals surface area contributed by atoms with Gasteiger partial charge in [-0.15, -0.1) is 3.89 Å². The Morgan fingerprint density at radius 2 is 1.72 bits per heavy atom. The van der Waals surface area contributed by atoms with Crippen LogP contribution in [0.3, 0.4) is 0 Å². The number of nitrogens with zero attached hydrogens (tertiary/aromatic N) is 3. The van der Waals surface area contributed by atoms with Crippen LogP contribution in [0.4, 0.5) is 30.2 Å². The number of alkyl halides is 6. The molecule has 0 aliphatic heterocycles. The number of rotatable bonds is 4. The minimum absolute atomic E-state index is 0.142. The summed E-state index contributed by atoms with van der Waals surface area (Å²) < 4.78 is 96.3. The van der Waals surface area contributed by atoms with Crippen LogP contribution >= 0.6 is 12.3 Å². The van der Waals surface area contributed by atoms with Gasteiger partial charge in [0.25, 0.3) is 5.56 Å².